The van der Waals surface area contributed by atoms with Crippen LogP contribution in [0.1, 0.15) is 32.5 Å². The molecule has 0 saturated heterocycles. The summed E-state index contributed by atoms with van der Waals surface area (Å²) in [4.78, 5) is 10.7. The lowest BCUT2D eigenvalue weighted by Gasteiger charge is -2.40. The minimum Gasteiger partial charge on any atom is -0.307 e. The highest BCUT2D eigenvalue weighted by Crippen LogP contribution is 2.27. The van der Waals surface area contributed by atoms with Crippen molar-refractivity contribution in [1.82, 2.24) is 20.2 Å². The summed E-state index contributed by atoms with van der Waals surface area (Å²) in [5, 5.41) is 3.48. The molecule has 4 nitrogen and oxygen atoms in total. The van der Waals surface area contributed by atoms with E-state index in [0.29, 0.717) is 0 Å². The monoisotopic (exact) mass is 222 g/mol. The zero-order chi connectivity index (χ0) is 12.2. The molecule has 1 aromatic heterocycles. The normalized spacial score (nSPS) is 14.1. The maximum atomic E-state index is 4.39. The summed E-state index contributed by atoms with van der Waals surface area (Å²) >= 11 is 0. The van der Waals surface area contributed by atoms with Gasteiger partial charge in [-0.25, -0.2) is 0 Å². The van der Waals surface area contributed by atoms with Gasteiger partial charge in [-0.3, -0.25) is 9.97 Å². The molecule has 0 fully saturated rings. The van der Waals surface area contributed by atoms with Crippen molar-refractivity contribution in [3.05, 3.63) is 24.3 Å². The molecule has 0 aliphatic carbocycles. The summed E-state index contributed by atoms with van der Waals surface area (Å²) < 4.78 is 0. The summed E-state index contributed by atoms with van der Waals surface area (Å²) in [5.41, 5.74) is 0.981. The molecule has 1 N–H and O–H groups in total. The number of rotatable bonds is 5. The molecule has 4 heteroatoms. The van der Waals surface area contributed by atoms with Crippen LogP contribution in [0.15, 0.2) is 18.6 Å². The van der Waals surface area contributed by atoms with Crippen molar-refractivity contribution in [2.45, 2.75) is 32.4 Å². The second-order valence-electron chi connectivity index (χ2n) is 4.67. The predicted molar refractivity (Wildman–Crippen MR) is 66.2 cm³/mol. The highest BCUT2D eigenvalue weighted by Gasteiger charge is 2.33. The first-order valence-electron chi connectivity index (χ1n) is 5.66. The van der Waals surface area contributed by atoms with Gasteiger partial charge in [-0.1, -0.05) is 6.92 Å². The van der Waals surface area contributed by atoms with E-state index >= 15 is 0 Å². The summed E-state index contributed by atoms with van der Waals surface area (Å²) in [6.45, 7) is 7.43. The van der Waals surface area contributed by atoms with E-state index in [4.69, 9.17) is 0 Å². The third kappa shape index (κ3) is 2.77. The molecule has 0 aliphatic heterocycles. The van der Waals surface area contributed by atoms with E-state index in [-0.39, 0.29) is 11.6 Å². The van der Waals surface area contributed by atoms with Gasteiger partial charge in [0, 0.05) is 17.9 Å². The molecule has 1 heterocycles. The van der Waals surface area contributed by atoms with Gasteiger partial charge in [-0.05, 0) is 34.5 Å². The van der Waals surface area contributed by atoms with Crippen LogP contribution in [-0.2, 0) is 0 Å². The Bertz CT molecular complexity index is 308. The molecule has 0 amide bonds. The number of aromatic nitrogens is 2. The Balaban J connectivity index is 3.00. The van der Waals surface area contributed by atoms with Crippen LogP contribution < -0.4 is 5.32 Å². The van der Waals surface area contributed by atoms with E-state index in [0.717, 1.165) is 12.2 Å². The second kappa shape index (κ2) is 5.37. The first-order valence-corrected chi connectivity index (χ1v) is 5.66. The first kappa shape index (κ1) is 13.1. The van der Waals surface area contributed by atoms with E-state index in [1.165, 1.54) is 0 Å². The number of hydrogen-bond acceptors (Lipinski definition) is 4. The molecule has 1 unspecified atom stereocenters. The lowest BCUT2D eigenvalue weighted by molar-refractivity contribution is 0.136. The molecule has 0 bridgehead atoms. The molecule has 1 atom stereocenters. The zero-order valence-corrected chi connectivity index (χ0v) is 10.9. The third-order valence-electron chi connectivity index (χ3n) is 3.15. The van der Waals surface area contributed by atoms with Gasteiger partial charge in [0.2, 0.25) is 0 Å². The fourth-order valence-electron chi connectivity index (χ4n) is 1.64. The van der Waals surface area contributed by atoms with Crippen LogP contribution >= 0.6 is 0 Å². The largest absolute Gasteiger partial charge is 0.307 e. The molecule has 0 aromatic carbocycles. The van der Waals surface area contributed by atoms with Crippen molar-refractivity contribution in [2.24, 2.45) is 0 Å². The Hall–Kier alpha value is -1.00. The van der Waals surface area contributed by atoms with Crippen LogP contribution in [-0.4, -0.2) is 41.0 Å². The van der Waals surface area contributed by atoms with Gasteiger partial charge in [-0.15, -0.1) is 0 Å². The Morgan fingerprint density at radius 3 is 2.50 bits per heavy atom. The van der Waals surface area contributed by atoms with E-state index in [1.807, 2.05) is 6.20 Å². The number of nitrogens with zero attached hydrogens (tertiary/aromatic N) is 3. The fourth-order valence-corrected chi connectivity index (χ4v) is 1.64. The maximum absolute atomic E-state index is 4.39. The van der Waals surface area contributed by atoms with Crippen LogP contribution in [0.2, 0.25) is 0 Å². The Labute approximate surface area is 98.1 Å². The fraction of sp³-hybridized carbons (Fsp3) is 0.667. The van der Waals surface area contributed by atoms with Crippen LogP contribution in [0.3, 0.4) is 0 Å². The highest BCUT2D eigenvalue weighted by atomic mass is 15.2. The zero-order valence-electron chi connectivity index (χ0n) is 10.9. The number of nitrogens with one attached hydrogen (secondary N) is 1. The van der Waals surface area contributed by atoms with Gasteiger partial charge in [0.05, 0.1) is 17.9 Å². The van der Waals surface area contributed by atoms with Gasteiger partial charge >= 0.3 is 0 Å². The van der Waals surface area contributed by atoms with Gasteiger partial charge in [-0.2, -0.15) is 0 Å². The number of likely N-dealkylation sites (N-methyl/N-ethyl adjacent to an activating group) is 2. The summed E-state index contributed by atoms with van der Waals surface area (Å²) in [6, 6.07) is 0.182. The third-order valence-corrected chi connectivity index (χ3v) is 3.15. The first-order chi connectivity index (χ1) is 7.50. The summed E-state index contributed by atoms with van der Waals surface area (Å²) in [6.07, 6.45) is 5.28. The minimum atomic E-state index is -0.00789. The average molecular weight is 222 g/mol. The van der Waals surface area contributed by atoms with Crippen molar-refractivity contribution in [1.29, 1.82) is 0 Å². The maximum Gasteiger partial charge on any atom is 0.0774 e. The molecular formula is C12H22N4. The SMILES string of the molecule is CCNC(c1cnccn1)C(C)(C)N(C)C. The van der Waals surface area contributed by atoms with Gasteiger partial charge in [0.15, 0.2) is 0 Å². The van der Waals surface area contributed by atoms with Crippen molar-refractivity contribution < 1.29 is 0 Å². The Morgan fingerprint density at radius 1 is 1.38 bits per heavy atom. The highest BCUT2D eigenvalue weighted by molar-refractivity contribution is 5.10. The molecule has 0 aliphatic rings. The van der Waals surface area contributed by atoms with Gasteiger partial charge < -0.3 is 10.2 Å². The van der Waals surface area contributed by atoms with Gasteiger partial charge in [0.1, 0.15) is 0 Å². The van der Waals surface area contributed by atoms with E-state index in [9.17, 15) is 0 Å². The number of hydrogen-bond donors (Lipinski definition) is 1. The quantitative estimate of drug-likeness (QED) is 0.819. The van der Waals surface area contributed by atoms with E-state index < -0.39 is 0 Å². The summed E-state index contributed by atoms with van der Waals surface area (Å²) in [7, 11) is 4.17. The van der Waals surface area contributed by atoms with Crippen molar-refractivity contribution in [2.75, 3.05) is 20.6 Å². The van der Waals surface area contributed by atoms with E-state index in [2.05, 4.69) is 55.1 Å². The summed E-state index contributed by atoms with van der Waals surface area (Å²) in [5.74, 6) is 0. The van der Waals surface area contributed by atoms with Crippen molar-refractivity contribution in [3.8, 4) is 0 Å². The molecular weight excluding hydrogens is 200 g/mol. The predicted octanol–water partition coefficient (Wildman–Crippen LogP) is 1.47. The minimum absolute atomic E-state index is 0.00789. The molecule has 90 valence electrons. The molecule has 16 heavy (non-hydrogen) atoms. The second-order valence-corrected chi connectivity index (χ2v) is 4.67. The van der Waals surface area contributed by atoms with Gasteiger partial charge in [0.25, 0.3) is 0 Å². The van der Waals surface area contributed by atoms with Crippen molar-refractivity contribution >= 4 is 0 Å². The molecule has 1 rings (SSSR count). The van der Waals surface area contributed by atoms with Crippen LogP contribution in [0, 0.1) is 0 Å². The molecule has 0 saturated carbocycles. The van der Waals surface area contributed by atoms with Crippen LogP contribution in [0.4, 0.5) is 0 Å². The molecule has 0 spiro atoms. The van der Waals surface area contributed by atoms with E-state index in [1.54, 1.807) is 12.4 Å². The van der Waals surface area contributed by atoms with Crippen LogP contribution in [0.25, 0.3) is 0 Å². The Kier molecular flexibility index (Phi) is 4.38. The lowest BCUT2D eigenvalue weighted by Crippen LogP contribution is -2.49. The smallest absolute Gasteiger partial charge is 0.0774 e. The molecule has 1 aromatic rings. The standard InChI is InChI=1S/C12H22N4/c1-6-14-11(12(2,3)16(4)5)10-9-13-7-8-15-10/h7-9,11,14H,6H2,1-5H3. The van der Waals surface area contributed by atoms with Crippen molar-refractivity contribution in [3.63, 3.8) is 0 Å². The topological polar surface area (TPSA) is 41.1 Å². The van der Waals surface area contributed by atoms with Crippen LogP contribution in [0.5, 0.6) is 0 Å². The lowest BCUT2D eigenvalue weighted by atomic mass is 9.90. The molecule has 0 radical (unpaired) electrons. The Morgan fingerprint density at radius 2 is 2.06 bits per heavy atom. The average Bonchev–Trinajstić information content (AvgIpc) is 2.26.